The van der Waals surface area contributed by atoms with Gasteiger partial charge in [-0.05, 0) is 43.0 Å². The average Bonchev–Trinajstić information content (AvgIpc) is 2.67. The third kappa shape index (κ3) is 4.16. The second-order valence-corrected chi connectivity index (χ2v) is 6.39. The van der Waals surface area contributed by atoms with Crippen molar-refractivity contribution >= 4 is 5.91 Å². The molecule has 1 amide bonds. The molecule has 1 saturated heterocycles. The van der Waals surface area contributed by atoms with Gasteiger partial charge in [0.05, 0.1) is 11.3 Å². The van der Waals surface area contributed by atoms with Gasteiger partial charge in [-0.1, -0.05) is 25.1 Å². The Morgan fingerprint density at radius 3 is 2.76 bits per heavy atom. The zero-order valence-corrected chi connectivity index (χ0v) is 14.3. The maximum Gasteiger partial charge on any atom is 0.272 e. The highest BCUT2D eigenvalue weighted by molar-refractivity contribution is 5.92. The van der Waals surface area contributed by atoms with Crippen molar-refractivity contribution in [1.29, 1.82) is 5.26 Å². The van der Waals surface area contributed by atoms with E-state index >= 15 is 0 Å². The molecule has 1 aromatic heterocycles. The Morgan fingerprint density at radius 2 is 2.00 bits per heavy atom. The van der Waals surface area contributed by atoms with Crippen molar-refractivity contribution in [2.24, 2.45) is 5.92 Å². The number of hydrogen-bond acceptors (Lipinski definition) is 4. The fourth-order valence-electron chi connectivity index (χ4n) is 2.89. The van der Waals surface area contributed by atoms with Gasteiger partial charge in [-0.15, -0.1) is 0 Å². The normalized spacial score (nSPS) is 14.8. The van der Waals surface area contributed by atoms with Crippen LogP contribution in [0.5, 0.6) is 5.75 Å². The minimum absolute atomic E-state index is 0.0221. The molecule has 0 bridgehead atoms. The van der Waals surface area contributed by atoms with Crippen LogP contribution in [0.25, 0.3) is 0 Å². The van der Waals surface area contributed by atoms with Gasteiger partial charge in [-0.25, -0.2) is 4.98 Å². The number of amides is 1. The molecule has 5 nitrogen and oxygen atoms in total. The molecule has 5 heteroatoms. The van der Waals surface area contributed by atoms with Gasteiger partial charge in [0.25, 0.3) is 5.91 Å². The Bertz CT molecular complexity index is 790. The largest absolute Gasteiger partial charge is 0.486 e. The molecule has 0 atom stereocenters. The van der Waals surface area contributed by atoms with Crippen LogP contribution in [0, 0.1) is 17.2 Å². The summed E-state index contributed by atoms with van der Waals surface area (Å²) in [6.45, 7) is 4.02. The van der Waals surface area contributed by atoms with Crippen LogP contribution in [0.2, 0.25) is 0 Å². The standard InChI is InChI=1S/C20H21N3O2/c1-15-9-11-23(12-10-15)20(24)18-7-4-6-17(22-18)14-25-19-8-3-2-5-16(19)13-21/h2-8,15H,9-12,14H2,1H3. The molecule has 0 unspecified atom stereocenters. The summed E-state index contributed by atoms with van der Waals surface area (Å²) in [6.07, 6.45) is 2.08. The Morgan fingerprint density at radius 1 is 1.24 bits per heavy atom. The SMILES string of the molecule is CC1CCN(C(=O)c2cccc(COc3ccccc3C#N)n2)CC1. The summed E-state index contributed by atoms with van der Waals surface area (Å²) in [5.74, 6) is 1.18. The molecular formula is C20H21N3O2. The number of carbonyl (C=O) groups excluding carboxylic acids is 1. The van der Waals surface area contributed by atoms with Crippen molar-refractivity contribution in [3.05, 3.63) is 59.4 Å². The third-order valence-electron chi connectivity index (χ3n) is 4.48. The van der Waals surface area contributed by atoms with E-state index < -0.39 is 0 Å². The van der Waals surface area contributed by atoms with Crippen LogP contribution >= 0.6 is 0 Å². The zero-order valence-electron chi connectivity index (χ0n) is 14.3. The summed E-state index contributed by atoms with van der Waals surface area (Å²) >= 11 is 0. The first kappa shape index (κ1) is 17.0. The molecular weight excluding hydrogens is 314 g/mol. The number of para-hydroxylation sites is 1. The molecule has 0 saturated carbocycles. The van der Waals surface area contributed by atoms with Crippen LogP contribution in [-0.4, -0.2) is 28.9 Å². The predicted octanol–water partition coefficient (Wildman–Crippen LogP) is 3.40. The van der Waals surface area contributed by atoms with Crippen LogP contribution in [-0.2, 0) is 6.61 Å². The van der Waals surface area contributed by atoms with E-state index in [2.05, 4.69) is 18.0 Å². The lowest BCUT2D eigenvalue weighted by atomic mass is 9.99. The number of ether oxygens (including phenoxy) is 1. The molecule has 2 heterocycles. The Labute approximate surface area is 147 Å². The first-order valence-corrected chi connectivity index (χ1v) is 8.54. The average molecular weight is 335 g/mol. The Balaban J connectivity index is 1.67. The lowest BCUT2D eigenvalue weighted by molar-refractivity contribution is 0.0690. The van der Waals surface area contributed by atoms with E-state index in [0.29, 0.717) is 28.6 Å². The van der Waals surface area contributed by atoms with E-state index in [-0.39, 0.29) is 12.5 Å². The Hall–Kier alpha value is -2.87. The van der Waals surface area contributed by atoms with E-state index in [9.17, 15) is 4.79 Å². The van der Waals surface area contributed by atoms with E-state index in [1.165, 1.54) is 0 Å². The quantitative estimate of drug-likeness (QED) is 0.859. The number of benzene rings is 1. The highest BCUT2D eigenvalue weighted by atomic mass is 16.5. The van der Waals surface area contributed by atoms with Crippen LogP contribution in [0.3, 0.4) is 0 Å². The second-order valence-electron chi connectivity index (χ2n) is 6.39. The fourth-order valence-corrected chi connectivity index (χ4v) is 2.89. The number of hydrogen-bond donors (Lipinski definition) is 0. The summed E-state index contributed by atoms with van der Waals surface area (Å²) in [6, 6.07) is 14.6. The number of aromatic nitrogens is 1. The molecule has 128 valence electrons. The molecule has 0 spiro atoms. The van der Waals surface area contributed by atoms with Crippen LogP contribution in [0.4, 0.5) is 0 Å². The van der Waals surface area contributed by atoms with Crippen molar-refractivity contribution in [2.75, 3.05) is 13.1 Å². The maximum absolute atomic E-state index is 12.6. The molecule has 1 aliphatic rings. The van der Waals surface area contributed by atoms with Gasteiger partial charge in [0, 0.05) is 13.1 Å². The van der Waals surface area contributed by atoms with E-state index in [4.69, 9.17) is 10.00 Å². The number of nitrogens with zero attached hydrogens (tertiary/aromatic N) is 3. The monoisotopic (exact) mass is 335 g/mol. The molecule has 0 radical (unpaired) electrons. The van der Waals surface area contributed by atoms with Gasteiger partial charge in [0.2, 0.25) is 0 Å². The molecule has 1 fully saturated rings. The summed E-state index contributed by atoms with van der Waals surface area (Å²) in [5.41, 5.74) is 1.60. The van der Waals surface area contributed by atoms with Crippen molar-refractivity contribution in [1.82, 2.24) is 9.88 Å². The van der Waals surface area contributed by atoms with Gasteiger partial charge in [0.1, 0.15) is 24.1 Å². The second kappa shape index (κ2) is 7.80. The molecule has 25 heavy (non-hydrogen) atoms. The van der Waals surface area contributed by atoms with Crippen LogP contribution < -0.4 is 4.74 Å². The molecule has 1 aliphatic heterocycles. The van der Waals surface area contributed by atoms with Gasteiger partial charge in [-0.2, -0.15) is 5.26 Å². The van der Waals surface area contributed by atoms with Gasteiger partial charge in [0.15, 0.2) is 0 Å². The summed E-state index contributed by atoms with van der Waals surface area (Å²) in [7, 11) is 0. The molecule has 0 N–H and O–H groups in total. The van der Waals surface area contributed by atoms with Crippen molar-refractivity contribution in [3.8, 4) is 11.8 Å². The smallest absolute Gasteiger partial charge is 0.272 e. The van der Waals surface area contributed by atoms with Gasteiger partial charge < -0.3 is 9.64 Å². The van der Waals surface area contributed by atoms with Crippen molar-refractivity contribution < 1.29 is 9.53 Å². The maximum atomic E-state index is 12.6. The van der Waals surface area contributed by atoms with E-state index in [0.717, 1.165) is 25.9 Å². The van der Waals surface area contributed by atoms with E-state index in [1.807, 2.05) is 23.1 Å². The first-order valence-electron chi connectivity index (χ1n) is 8.54. The van der Waals surface area contributed by atoms with Crippen molar-refractivity contribution in [3.63, 3.8) is 0 Å². The Kier molecular flexibility index (Phi) is 5.30. The van der Waals surface area contributed by atoms with Gasteiger partial charge >= 0.3 is 0 Å². The number of rotatable bonds is 4. The lowest BCUT2D eigenvalue weighted by Crippen LogP contribution is -2.38. The minimum Gasteiger partial charge on any atom is -0.486 e. The number of carbonyl (C=O) groups is 1. The van der Waals surface area contributed by atoms with Crippen LogP contribution in [0.1, 0.15) is 41.5 Å². The zero-order chi connectivity index (χ0) is 17.6. The summed E-state index contributed by atoms with van der Waals surface area (Å²) in [4.78, 5) is 18.9. The van der Waals surface area contributed by atoms with Crippen LogP contribution in [0.15, 0.2) is 42.5 Å². The molecule has 0 aliphatic carbocycles. The topological polar surface area (TPSA) is 66.2 Å². The molecule has 1 aromatic carbocycles. The number of nitriles is 1. The number of piperidine rings is 1. The van der Waals surface area contributed by atoms with Gasteiger partial charge in [-0.3, -0.25) is 4.79 Å². The minimum atomic E-state index is -0.0221. The molecule has 3 rings (SSSR count). The predicted molar refractivity (Wildman–Crippen MR) is 94.0 cm³/mol. The fraction of sp³-hybridized carbons (Fsp3) is 0.350. The highest BCUT2D eigenvalue weighted by Gasteiger charge is 2.22. The number of pyridine rings is 1. The van der Waals surface area contributed by atoms with E-state index in [1.54, 1.807) is 24.3 Å². The summed E-state index contributed by atoms with van der Waals surface area (Å²) < 4.78 is 5.70. The van der Waals surface area contributed by atoms with Crippen molar-refractivity contribution in [2.45, 2.75) is 26.4 Å². The first-order chi connectivity index (χ1) is 12.2. The lowest BCUT2D eigenvalue weighted by Gasteiger charge is -2.30. The molecule has 2 aromatic rings. The third-order valence-corrected chi connectivity index (χ3v) is 4.48. The number of likely N-dealkylation sites (tertiary alicyclic amines) is 1. The highest BCUT2D eigenvalue weighted by Crippen LogP contribution is 2.19. The summed E-state index contributed by atoms with van der Waals surface area (Å²) in [5, 5.41) is 9.10.